The van der Waals surface area contributed by atoms with E-state index in [0.29, 0.717) is 0 Å². The molecule has 21 heavy (non-hydrogen) atoms. The molecule has 1 aliphatic rings. The van der Waals surface area contributed by atoms with Gasteiger partial charge in [-0.05, 0) is 25.5 Å². The minimum atomic E-state index is -0.238. The number of carbonyl (C=O) groups excluding carboxylic acids is 1. The Labute approximate surface area is 138 Å². The Kier molecular flexibility index (Phi) is 8.00. The predicted octanol–water partition coefficient (Wildman–Crippen LogP) is 1.83. The molecule has 120 valence electrons. The van der Waals surface area contributed by atoms with Crippen LogP contribution < -0.4 is 10.2 Å². The third kappa shape index (κ3) is 5.69. The molecule has 1 aromatic heterocycles. The van der Waals surface area contributed by atoms with Crippen LogP contribution in [0, 0.1) is 0 Å². The second-order valence-corrected chi connectivity index (χ2v) is 5.51. The van der Waals surface area contributed by atoms with E-state index in [2.05, 4.69) is 33.8 Å². The lowest BCUT2D eigenvalue weighted by atomic mass is 10.0. The number of anilines is 1. The average Bonchev–Trinajstić information content (AvgIpc) is 2.38. The van der Waals surface area contributed by atoms with Crippen molar-refractivity contribution < 1.29 is 9.53 Å². The quantitative estimate of drug-likeness (QED) is 0.854. The number of ether oxygens (including phenoxy) is 1. The van der Waals surface area contributed by atoms with Gasteiger partial charge in [-0.3, -0.25) is 4.79 Å². The van der Waals surface area contributed by atoms with Crippen molar-refractivity contribution in [2.45, 2.75) is 25.8 Å². The van der Waals surface area contributed by atoms with Gasteiger partial charge in [0.1, 0.15) is 5.82 Å². The highest BCUT2D eigenvalue weighted by Gasteiger charge is 2.26. The van der Waals surface area contributed by atoms with Gasteiger partial charge in [0, 0.05) is 31.4 Å². The first-order valence-electron chi connectivity index (χ1n) is 6.52. The normalized spacial score (nSPS) is 16.4. The van der Waals surface area contributed by atoms with Crippen molar-refractivity contribution in [2.24, 2.45) is 0 Å². The van der Waals surface area contributed by atoms with Crippen molar-refractivity contribution >= 4 is 36.6 Å². The van der Waals surface area contributed by atoms with Gasteiger partial charge in [-0.15, -0.1) is 24.8 Å². The molecule has 2 heterocycles. The maximum Gasteiger partial charge on any atom is 0.310 e. The van der Waals surface area contributed by atoms with Gasteiger partial charge < -0.3 is 15.0 Å². The summed E-state index contributed by atoms with van der Waals surface area (Å²) in [6, 6.07) is 3.91. The molecule has 0 radical (unpaired) electrons. The highest BCUT2D eigenvalue weighted by atomic mass is 35.5. The highest BCUT2D eigenvalue weighted by Crippen LogP contribution is 2.18. The number of hydrogen-bond acceptors (Lipinski definition) is 5. The first-order valence-corrected chi connectivity index (χ1v) is 6.52. The van der Waals surface area contributed by atoms with Crippen LogP contribution in [0.3, 0.4) is 0 Å². The summed E-state index contributed by atoms with van der Waals surface area (Å²) in [5, 5.41) is 3.47. The molecule has 0 spiro atoms. The van der Waals surface area contributed by atoms with Gasteiger partial charge in [-0.1, -0.05) is 6.07 Å². The first-order chi connectivity index (χ1) is 9.00. The van der Waals surface area contributed by atoms with Crippen LogP contribution in [0.2, 0.25) is 0 Å². The van der Waals surface area contributed by atoms with E-state index >= 15 is 0 Å². The Balaban J connectivity index is 0.00000200. The smallest absolute Gasteiger partial charge is 0.310 e. The summed E-state index contributed by atoms with van der Waals surface area (Å²) in [4.78, 5) is 17.9. The van der Waals surface area contributed by atoms with Gasteiger partial charge in [0.25, 0.3) is 0 Å². The average molecular weight is 336 g/mol. The number of pyridine rings is 1. The summed E-state index contributed by atoms with van der Waals surface area (Å²) in [7, 11) is 1.40. The SMILES string of the molecule is COC(=O)Cc1ccc(N2CCNC(C)(C)C2)nc1.Cl.Cl. The van der Waals surface area contributed by atoms with Crippen LogP contribution in [0.4, 0.5) is 5.82 Å². The summed E-state index contributed by atoms with van der Waals surface area (Å²) in [5.74, 6) is 0.723. The zero-order valence-corrected chi connectivity index (χ0v) is 14.2. The summed E-state index contributed by atoms with van der Waals surface area (Å²) >= 11 is 0. The molecule has 1 saturated heterocycles. The highest BCUT2D eigenvalue weighted by molar-refractivity contribution is 5.85. The van der Waals surface area contributed by atoms with Crippen LogP contribution in [-0.2, 0) is 16.0 Å². The van der Waals surface area contributed by atoms with Gasteiger partial charge in [-0.2, -0.15) is 0 Å². The number of esters is 1. The fourth-order valence-electron chi connectivity index (χ4n) is 2.28. The largest absolute Gasteiger partial charge is 0.469 e. The number of hydrogen-bond donors (Lipinski definition) is 1. The summed E-state index contributed by atoms with van der Waals surface area (Å²) in [6.07, 6.45) is 2.03. The zero-order chi connectivity index (χ0) is 13.9. The Hall–Kier alpha value is -1.04. The molecule has 1 aromatic rings. The Bertz CT molecular complexity index is 452. The molecule has 1 aliphatic heterocycles. The Morgan fingerprint density at radius 1 is 1.43 bits per heavy atom. The van der Waals surface area contributed by atoms with Gasteiger partial charge >= 0.3 is 5.97 Å². The Morgan fingerprint density at radius 3 is 2.67 bits per heavy atom. The predicted molar refractivity (Wildman–Crippen MR) is 88.7 cm³/mol. The molecule has 0 aromatic carbocycles. The number of nitrogens with zero attached hydrogens (tertiary/aromatic N) is 2. The molecule has 0 bridgehead atoms. The molecular weight excluding hydrogens is 313 g/mol. The lowest BCUT2D eigenvalue weighted by Gasteiger charge is -2.39. The minimum Gasteiger partial charge on any atom is -0.469 e. The molecule has 0 saturated carbocycles. The minimum absolute atomic E-state index is 0. The van der Waals surface area contributed by atoms with Crippen molar-refractivity contribution in [3.05, 3.63) is 23.9 Å². The number of piperazine rings is 1. The molecule has 7 heteroatoms. The number of nitrogens with one attached hydrogen (secondary N) is 1. The summed E-state index contributed by atoms with van der Waals surface area (Å²) in [6.45, 7) is 7.21. The monoisotopic (exact) mass is 335 g/mol. The van der Waals surface area contributed by atoms with Gasteiger partial charge in [0.2, 0.25) is 0 Å². The molecule has 5 nitrogen and oxygen atoms in total. The fraction of sp³-hybridized carbons (Fsp3) is 0.571. The third-order valence-corrected chi connectivity index (χ3v) is 3.28. The van der Waals surface area contributed by atoms with Crippen LogP contribution in [0.1, 0.15) is 19.4 Å². The van der Waals surface area contributed by atoms with Crippen molar-refractivity contribution in [1.29, 1.82) is 0 Å². The molecule has 0 amide bonds. The van der Waals surface area contributed by atoms with E-state index in [1.54, 1.807) is 6.20 Å². The molecule has 0 aliphatic carbocycles. The van der Waals surface area contributed by atoms with Gasteiger partial charge in [-0.25, -0.2) is 4.98 Å². The van der Waals surface area contributed by atoms with Gasteiger partial charge in [0.05, 0.1) is 13.5 Å². The van der Waals surface area contributed by atoms with E-state index in [-0.39, 0.29) is 42.7 Å². The molecule has 2 rings (SSSR count). The fourth-order valence-corrected chi connectivity index (χ4v) is 2.28. The lowest BCUT2D eigenvalue weighted by molar-refractivity contribution is -0.139. The number of methoxy groups -OCH3 is 1. The van der Waals surface area contributed by atoms with Crippen LogP contribution in [0.5, 0.6) is 0 Å². The Morgan fingerprint density at radius 2 is 2.14 bits per heavy atom. The van der Waals surface area contributed by atoms with Crippen LogP contribution in [0.15, 0.2) is 18.3 Å². The maximum absolute atomic E-state index is 11.2. The van der Waals surface area contributed by atoms with E-state index < -0.39 is 0 Å². The number of aromatic nitrogens is 1. The molecular formula is C14H23Cl2N3O2. The third-order valence-electron chi connectivity index (χ3n) is 3.28. The zero-order valence-electron chi connectivity index (χ0n) is 12.6. The second-order valence-electron chi connectivity index (χ2n) is 5.51. The topological polar surface area (TPSA) is 54.5 Å². The van der Waals surface area contributed by atoms with E-state index in [9.17, 15) is 4.79 Å². The molecule has 0 unspecified atom stereocenters. The lowest BCUT2D eigenvalue weighted by Crippen LogP contribution is -2.57. The van der Waals surface area contributed by atoms with Crippen molar-refractivity contribution in [2.75, 3.05) is 31.6 Å². The van der Waals surface area contributed by atoms with E-state index in [1.165, 1.54) is 7.11 Å². The first kappa shape index (κ1) is 20.0. The van der Waals surface area contributed by atoms with Crippen molar-refractivity contribution in [1.82, 2.24) is 10.3 Å². The standard InChI is InChI=1S/C14H21N3O2.2ClH/c1-14(2)10-17(7-6-16-14)12-5-4-11(9-15-12)8-13(18)19-3;;/h4-5,9,16H,6-8,10H2,1-3H3;2*1H. The molecule has 1 fully saturated rings. The summed E-state index contributed by atoms with van der Waals surface area (Å²) < 4.78 is 4.64. The maximum atomic E-state index is 11.2. The summed E-state index contributed by atoms with van der Waals surface area (Å²) in [5.41, 5.74) is 0.981. The van der Waals surface area contributed by atoms with E-state index in [1.807, 2.05) is 12.1 Å². The molecule has 0 atom stereocenters. The van der Waals surface area contributed by atoms with E-state index in [0.717, 1.165) is 31.0 Å². The van der Waals surface area contributed by atoms with Crippen LogP contribution >= 0.6 is 24.8 Å². The van der Waals surface area contributed by atoms with Crippen molar-refractivity contribution in [3.63, 3.8) is 0 Å². The van der Waals surface area contributed by atoms with Crippen molar-refractivity contribution in [3.8, 4) is 0 Å². The van der Waals surface area contributed by atoms with Crippen LogP contribution in [0.25, 0.3) is 0 Å². The van der Waals surface area contributed by atoms with E-state index in [4.69, 9.17) is 0 Å². The second kappa shape index (κ2) is 8.41. The number of halogens is 2. The van der Waals surface area contributed by atoms with Gasteiger partial charge in [0.15, 0.2) is 0 Å². The molecule has 1 N–H and O–H groups in total. The van der Waals surface area contributed by atoms with Crippen LogP contribution in [-0.4, -0.2) is 43.2 Å². The number of carbonyl (C=O) groups is 1. The number of rotatable bonds is 3.